The summed E-state index contributed by atoms with van der Waals surface area (Å²) in [4.78, 5) is 2.21. The first-order valence-electron chi connectivity index (χ1n) is 3.60. The lowest BCUT2D eigenvalue weighted by atomic mass is 10.7. The van der Waals surface area contributed by atoms with E-state index >= 15 is 0 Å². The average Bonchev–Trinajstić information content (AvgIpc) is 2.39. The van der Waals surface area contributed by atoms with E-state index < -0.39 is 0 Å². The Morgan fingerprint density at radius 1 is 1.55 bits per heavy atom. The standard InChI is InChI=1S/C8H13NS2/c1-9(2)5-7-11-8-4-3-6-10-8/h3-4,6H,5,7H2,1-2H3. The van der Waals surface area contributed by atoms with Gasteiger partial charge in [0.15, 0.2) is 0 Å². The van der Waals surface area contributed by atoms with Crippen molar-refractivity contribution in [2.24, 2.45) is 0 Å². The van der Waals surface area contributed by atoms with Crippen molar-refractivity contribution in [2.75, 3.05) is 26.4 Å². The van der Waals surface area contributed by atoms with Gasteiger partial charge in [-0.2, -0.15) is 0 Å². The molecule has 0 radical (unpaired) electrons. The summed E-state index contributed by atoms with van der Waals surface area (Å²) < 4.78 is 1.42. The van der Waals surface area contributed by atoms with Crippen molar-refractivity contribution in [1.29, 1.82) is 0 Å². The van der Waals surface area contributed by atoms with E-state index in [1.807, 2.05) is 23.1 Å². The zero-order chi connectivity index (χ0) is 8.10. The second-order valence-corrected chi connectivity index (χ2v) is 4.93. The van der Waals surface area contributed by atoms with Gasteiger partial charge in [-0.25, -0.2) is 0 Å². The number of thioether (sulfide) groups is 1. The first kappa shape index (κ1) is 9.10. The summed E-state index contributed by atoms with van der Waals surface area (Å²) in [5, 5.41) is 2.12. The molecular formula is C8H13NS2. The highest BCUT2D eigenvalue weighted by atomic mass is 32.2. The topological polar surface area (TPSA) is 3.24 Å². The molecule has 0 spiro atoms. The number of hydrogen-bond acceptors (Lipinski definition) is 3. The van der Waals surface area contributed by atoms with Crippen molar-refractivity contribution in [3.63, 3.8) is 0 Å². The summed E-state index contributed by atoms with van der Waals surface area (Å²) >= 11 is 3.75. The Kier molecular flexibility index (Phi) is 3.97. The molecule has 0 aliphatic carbocycles. The van der Waals surface area contributed by atoms with E-state index in [0.717, 1.165) is 6.54 Å². The van der Waals surface area contributed by atoms with Gasteiger partial charge < -0.3 is 4.90 Å². The van der Waals surface area contributed by atoms with Gasteiger partial charge in [-0.05, 0) is 25.5 Å². The van der Waals surface area contributed by atoms with E-state index in [4.69, 9.17) is 0 Å². The molecule has 1 nitrogen and oxygen atoms in total. The molecule has 1 aromatic rings. The smallest absolute Gasteiger partial charge is 0.0598 e. The van der Waals surface area contributed by atoms with Crippen LogP contribution in [0.3, 0.4) is 0 Å². The quantitative estimate of drug-likeness (QED) is 0.666. The zero-order valence-corrected chi connectivity index (χ0v) is 8.54. The molecule has 0 aliphatic heterocycles. The van der Waals surface area contributed by atoms with Crippen molar-refractivity contribution in [2.45, 2.75) is 4.21 Å². The van der Waals surface area contributed by atoms with Gasteiger partial charge in [0.1, 0.15) is 0 Å². The molecule has 11 heavy (non-hydrogen) atoms. The van der Waals surface area contributed by atoms with Gasteiger partial charge in [0.05, 0.1) is 4.21 Å². The summed E-state index contributed by atoms with van der Waals surface area (Å²) in [5.41, 5.74) is 0. The van der Waals surface area contributed by atoms with Crippen LogP contribution in [0.25, 0.3) is 0 Å². The molecule has 1 rings (SSSR count). The Morgan fingerprint density at radius 2 is 2.36 bits per heavy atom. The third kappa shape index (κ3) is 3.79. The summed E-state index contributed by atoms with van der Waals surface area (Å²) in [6, 6.07) is 4.27. The number of thiophene rings is 1. The van der Waals surface area contributed by atoms with Gasteiger partial charge >= 0.3 is 0 Å². The molecule has 0 unspecified atom stereocenters. The molecule has 62 valence electrons. The third-order valence-electron chi connectivity index (χ3n) is 1.28. The minimum atomic E-state index is 1.16. The third-order valence-corrected chi connectivity index (χ3v) is 3.39. The number of rotatable bonds is 4. The van der Waals surface area contributed by atoms with Crippen LogP contribution in [0.2, 0.25) is 0 Å². The van der Waals surface area contributed by atoms with Gasteiger partial charge in [-0.3, -0.25) is 0 Å². The van der Waals surface area contributed by atoms with Crippen molar-refractivity contribution < 1.29 is 0 Å². The molecule has 0 saturated carbocycles. The first-order chi connectivity index (χ1) is 5.29. The predicted octanol–water partition coefficient (Wildman–Crippen LogP) is 2.40. The van der Waals surface area contributed by atoms with Crippen LogP contribution in [-0.2, 0) is 0 Å². The maximum atomic E-state index is 2.21. The largest absolute Gasteiger partial charge is 0.309 e. The lowest BCUT2D eigenvalue weighted by Gasteiger charge is -2.07. The van der Waals surface area contributed by atoms with Crippen LogP contribution in [0.5, 0.6) is 0 Å². The Labute approximate surface area is 76.4 Å². The molecule has 0 atom stereocenters. The fourth-order valence-electron chi connectivity index (χ4n) is 0.674. The summed E-state index contributed by atoms with van der Waals surface area (Å²) in [5.74, 6) is 1.19. The molecule has 0 bridgehead atoms. The van der Waals surface area contributed by atoms with E-state index in [1.165, 1.54) is 9.96 Å². The van der Waals surface area contributed by atoms with Crippen LogP contribution in [0, 0.1) is 0 Å². The molecule has 0 saturated heterocycles. The molecule has 0 amide bonds. The van der Waals surface area contributed by atoms with Crippen LogP contribution < -0.4 is 0 Å². The highest BCUT2D eigenvalue weighted by Gasteiger charge is 1.94. The minimum absolute atomic E-state index is 1.16. The molecule has 0 fully saturated rings. The first-order valence-corrected chi connectivity index (χ1v) is 5.46. The Hall–Kier alpha value is 0.01000. The van der Waals surface area contributed by atoms with E-state index in [2.05, 4.69) is 36.5 Å². The maximum absolute atomic E-state index is 2.21. The van der Waals surface area contributed by atoms with Gasteiger partial charge in [-0.1, -0.05) is 6.07 Å². The Balaban J connectivity index is 2.14. The zero-order valence-electron chi connectivity index (χ0n) is 6.91. The van der Waals surface area contributed by atoms with Crippen LogP contribution in [-0.4, -0.2) is 31.3 Å². The highest BCUT2D eigenvalue weighted by Crippen LogP contribution is 2.22. The lowest BCUT2D eigenvalue weighted by molar-refractivity contribution is 0.437. The van der Waals surface area contributed by atoms with Gasteiger partial charge in [0, 0.05) is 12.3 Å². The lowest BCUT2D eigenvalue weighted by Crippen LogP contribution is -2.14. The van der Waals surface area contributed by atoms with E-state index in [0.29, 0.717) is 0 Å². The highest BCUT2D eigenvalue weighted by molar-refractivity contribution is 8.01. The molecular weight excluding hydrogens is 174 g/mol. The SMILES string of the molecule is CN(C)CCSc1cccs1. The van der Waals surface area contributed by atoms with Crippen LogP contribution in [0.15, 0.2) is 21.7 Å². The monoisotopic (exact) mass is 187 g/mol. The van der Waals surface area contributed by atoms with Gasteiger partial charge in [0.25, 0.3) is 0 Å². The Bertz CT molecular complexity index is 182. The minimum Gasteiger partial charge on any atom is -0.309 e. The molecule has 1 aromatic heterocycles. The van der Waals surface area contributed by atoms with Crippen LogP contribution in [0.4, 0.5) is 0 Å². The van der Waals surface area contributed by atoms with Crippen molar-refractivity contribution in [3.05, 3.63) is 17.5 Å². The Morgan fingerprint density at radius 3 is 2.91 bits per heavy atom. The molecule has 1 heterocycles. The van der Waals surface area contributed by atoms with Gasteiger partial charge in [0.2, 0.25) is 0 Å². The van der Waals surface area contributed by atoms with Crippen molar-refractivity contribution >= 4 is 23.1 Å². The second kappa shape index (κ2) is 4.80. The van der Waals surface area contributed by atoms with Crippen LogP contribution >= 0.6 is 23.1 Å². The molecule has 0 aliphatic rings. The van der Waals surface area contributed by atoms with Crippen molar-refractivity contribution in [3.8, 4) is 0 Å². The number of nitrogens with zero attached hydrogens (tertiary/aromatic N) is 1. The fraction of sp³-hybridized carbons (Fsp3) is 0.500. The normalized spacial score (nSPS) is 10.8. The van der Waals surface area contributed by atoms with Gasteiger partial charge in [-0.15, -0.1) is 23.1 Å². The number of hydrogen-bond donors (Lipinski definition) is 0. The summed E-state index contributed by atoms with van der Waals surface area (Å²) in [6.45, 7) is 1.16. The maximum Gasteiger partial charge on any atom is 0.0598 e. The van der Waals surface area contributed by atoms with E-state index in [1.54, 1.807) is 0 Å². The molecule has 0 N–H and O–H groups in total. The summed E-state index contributed by atoms with van der Waals surface area (Å²) in [7, 11) is 4.21. The van der Waals surface area contributed by atoms with E-state index in [9.17, 15) is 0 Å². The average molecular weight is 187 g/mol. The molecule has 0 aromatic carbocycles. The van der Waals surface area contributed by atoms with E-state index in [-0.39, 0.29) is 0 Å². The second-order valence-electron chi connectivity index (χ2n) is 2.58. The molecule has 3 heteroatoms. The van der Waals surface area contributed by atoms with Crippen molar-refractivity contribution in [1.82, 2.24) is 4.90 Å². The fourth-order valence-corrected chi connectivity index (χ4v) is 2.64. The summed E-state index contributed by atoms with van der Waals surface area (Å²) in [6.07, 6.45) is 0. The predicted molar refractivity (Wildman–Crippen MR) is 53.6 cm³/mol. The van der Waals surface area contributed by atoms with Crippen LogP contribution in [0.1, 0.15) is 0 Å².